The molecular formula is C20H15N3O5S. The van der Waals surface area contributed by atoms with E-state index in [4.69, 9.17) is 0 Å². The lowest BCUT2D eigenvalue weighted by Gasteiger charge is -2.23. The van der Waals surface area contributed by atoms with E-state index in [1.165, 1.54) is 17.0 Å². The van der Waals surface area contributed by atoms with Crippen LogP contribution >= 0.6 is 0 Å². The maximum absolute atomic E-state index is 13.1. The van der Waals surface area contributed by atoms with Gasteiger partial charge in [0, 0.05) is 29.8 Å². The van der Waals surface area contributed by atoms with E-state index >= 15 is 0 Å². The highest BCUT2D eigenvalue weighted by Gasteiger charge is 2.38. The number of carbonyl (C=O) groups excluding carboxylic acids is 1. The summed E-state index contributed by atoms with van der Waals surface area (Å²) in [5.41, 5.74) is 1.77. The van der Waals surface area contributed by atoms with Crippen molar-refractivity contribution < 1.29 is 18.1 Å². The fourth-order valence-electron chi connectivity index (χ4n) is 4.10. The van der Waals surface area contributed by atoms with E-state index < -0.39 is 14.9 Å². The molecule has 0 unspecified atom stereocenters. The number of anilines is 2. The van der Waals surface area contributed by atoms with Gasteiger partial charge in [-0.15, -0.1) is 0 Å². The molecule has 3 aromatic carbocycles. The maximum Gasteiger partial charge on any atom is 0.269 e. The van der Waals surface area contributed by atoms with Crippen molar-refractivity contribution in [2.45, 2.75) is 11.3 Å². The zero-order valence-electron chi connectivity index (χ0n) is 15.1. The van der Waals surface area contributed by atoms with Crippen LogP contribution in [0.3, 0.4) is 0 Å². The number of rotatable bonds is 3. The summed E-state index contributed by atoms with van der Waals surface area (Å²) in [6, 6.07) is 14.8. The number of hydrogen-bond donors (Lipinski definition) is 0. The molecule has 0 saturated heterocycles. The summed E-state index contributed by atoms with van der Waals surface area (Å²) < 4.78 is 27.3. The Labute approximate surface area is 166 Å². The lowest BCUT2D eigenvalue weighted by Crippen LogP contribution is -2.41. The van der Waals surface area contributed by atoms with Gasteiger partial charge in [-0.2, -0.15) is 0 Å². The molecule has 0 atom stereocenters. The van der Waals surface area contributed by atoms with Gasteiger partial charge in [0.2, 0.25) is 5.91 Å². The number of hydrogen-bond acceptors (Lipinski definition) is 5. The maximum atomic E-state index is 13.1. The van der Waals surface area contributed by atoms with E-state index in [1.54, 1.807) is 30.3 Å². The lowest BCUT2D eigenvalue weighted by atomic mass is 10.1. The fourth-order valence-corrected chi connectivity index (χ4v) is 5.76. The molecule has 0 spiro atoms. The Morgan fingerprint density at radius 1 is 1.07 bits per heavy atom. The van der Waals surface area contributed by atoms with E-state index in [9.17, 15) is 23.3 Å². The Morgan fingerprint density at radius 2 is 1.83 bits per heavy atom. The molecule has 0 aliphatic carbocycles. The van der Waals surface area contributed by atoms with Crippen LogP contribution in [0.1, 0.15) is 5.56 Å². The SMILES string of the molecule is O=C(CN1c2cccc3cccc(c23)S1(=O)=O)N1CCc2cc([N+](=O)[O-])ccc21. The second-order valence-corrected chi connectivity index (χ2v) is 8.84. The monoisotopic (exact) mass is 409 g/mol. The predicted octanol–water partition coefficient (Wildman–Crippen LogP) is 2.85. The van der Waals surface area contributed by atoms with Crippen molar-refractivity contribution >= 4 is 43.8 Å². The molecule has 29 heavy (non-hydrogen) atoms. The molecule has 0 saturated carbocycles. The first-order chi connectivity index (χ1) is 13.9. The Kier molecular flexibility index (Phi) is 3.66. The number of amides is 1. The van der Waals surface area contributed by atoms with E-state index in [1.807, 2.05) is 12.1 Å². The van der Waals surface area contributed by atoms with E-state index in [0.29, 0.717) is 35.3 Å². The standard InChI is InChI=1S/C20H15N3O5S/c24-19(21-10-9-14-11-15(23(25)26)7-8-16(14)21)12-22-17-5-1-3-13-4-2-6-18(20(13)17)29(22,27)28/h1-8,11H,9-10,12H2. The minimum Gasteiger partial charge on any atom is -0.310 e. The Hall–Kier alpha value is -3.46. The number of carbonyl (C=O) groups is 1. The van der Waals surface area contributed by atoms with Gasteiger partial charge in [-0.3, -0.25) is 19.2 Å². The molecule has 0 fully saturated rings. The average Bonchev–Trinajstić information content (AvgIpc) is 3.22. The highest BCUT2D eigenvalue weighted by Crippen LogP contribution is 2.42. The van der Waals surface area contributed by atoms with Crippen LogP contribution in [0.5, 0.6) is 0 Å². The summed E-state index contributed by atoms with van der Waals surface area (Å²) in [7, 11) is -3.82. The highest BCUT2D eigenvalue weighted by molar-refractivity contribution is 7.93. The number of benzene rings is 3. The van der Waals surface area contributed by atoms with Crippen molar-refractivity contribution in [2.24, 2.45) is 0 Å². The van der Waals surface area contributed by atoms with Crippen molar-refractivity contribution in [1.82, 2.24) is 0 Å². The summed E-state index contributed by atoms with van der Waals surface area (Å²) in [5, 5.41) is 12.4. The van der Waals surface area contributed by atoms with E-state index in [0.717, 1.165) is 9.69 Å². The molecule has 2 aliphatic heterocycles. The molecule has 1 amide bonds. The second-order valence-electron chi connectivity index (χ2n) is 7.01. The lowest BCUT2D eigenvalue weighted by molar-refractivity contribution is -0.384. The minimum atomic E-state index is -3.82. The summed E-state index contributed by atoms with van der Waals surface area (Å²) in [5.74, 6) is -0.369. The summed E-state index contributed by atoms with van der Waals surface area (Å²) in [4.78, 5) is 25.2. The smallest absolute Gasteiger partial charge is 0.269 e. The average molecular weight is 409 g/mol. The van der Waals surface area contributed by atoms with Gasteiger partial charge in [0.1, 0.15) is 6.54 Å². The normalized spacial score (nSPS) is 16.3. The molecule has 146 valence electrons. The molecule has 0 aromatic heterocycles. The molecule has 0 N–H and O–H groups in total. The third-order valence-electron chi connectivity index (χ3n) is 5.43. The second kappa shape index (κ2) is 6.02. The first kappa shape index (κ1) is 17.6. The fraction of sp³-hybridized carbons (Fsp3) is 0.150. The van der Waals surface area contributed by atoms with Gasteiger partial charge in [-0.1, -0.05) is 24.3 Å². The van der Waals surface area contributed by atoms with Crippen LogP contribution in [0.15, 0.2) is 59.5 Å². The zero-order valence-corrected chi connectivity index (χ0v) is 15.9. The number of sulfonamides is 1. The van der Waals surface area contributed by atoms with Gasteiger partial charge in [0.25, 0.3) is 15.7 Å². The Balaban J connectivity index is 1.49. The molecule has 0 radical (unpaired) electrons. The number of fused-ring (bicyclic) bond motifs is 1. The third-order valence-corrected chi connectivity index (χ3v) is 7.23. The van der Waals surface area contributed by atoms with Crippen molar-refractivity contribution in [1.29, 1.82) is 0 Å². The molecular weight excluding hydrogens is 394 g/mol. The van der Waals surface area contributed by atoms with Crippen molar-refractivity contribution in [3.8, 4) is 0 Å². The molecule has 2 aliphatic rings. The molecule has 3 aromatic rings. The van der Waals surface area contributed by atoms with Crippen molar-refractivity contribution in [3.63, 3.8) is 0 Å². The van der Waals surface area contributed by atoms with Crippen molar-refractivity contribution in [2.75, 3.05) is 22.3 Å². The van der Waals surface area contributed by atoms with Crippen LogP contribution in [0, 0.1) is 10.1 Å². The number of non-ortho nitro benzene ring substituents is 1. The van der Waals surface area contributed by atoms with Gasteiger partial charge in [-0.05, 0) is 35.6 Å². The summed E-state index contributed by atoms with van der Waals surface area (Å²) >= 11 is 0. The number of nitro groups is 1. The molecule has 2 heterocycles. The van der Waals surface area contributed by atoms with Crippen LogP contribution in [0.25, 0.3) is 10.8 Å². The zero-order chi connectivity index (χ0) is 20.3. The Bertz CT molecular complexity index is 1310. The molecule has 5 rings (SSSR count). The summed E-state index contributed by atoms with van der Waals surface area (Å²) in [6.07, 6.45) is 0.491. The van der Waals surface area contributed by atoms with Crippen LogP contribution in [0.2, 0.25) is 0 Å². The van der Waals surface area contributed by atoms with Gasteiger partial charge in [-0.25, -0.2) is 8.42 Å². The largest absolute Gasteiger partial charge is 0.310 e. The van der Waals surface area contributed by atoms with Crippen LogP contribution in [0.4, 0.5) is 17.1 Å². The quantitative estimate of drug-likeness (QED) is 0.489. The van der Waals surface area contributed by atoms with Gasteiger partial charge in [0.15, 0.2) is 0 Å². The third kappa shape index (κ3) is 2.51. The molecule has 0 bridgehead atoms. The first-order valence-corrected chi connectivity index (χ1v) is 10.4. The molecule has 9 heteroatoms. The van der Waals surface area contributed by atoms with Gasteiger partial charge < -0.3 is 4.90 Å². The minimum absolute atomic E-state index is 0.0257. The Morgan fingerprint density at radius 3 is 2.59 bits per heavy atom. The highest BCUT2D eigenvalue weighted by atomic mass is 32.2. The predicted molar refractivity (Wildman–Crippen MR) is 108 cm³/mol. The number of nitrogens with zero attached hydrogens (tertiary/aromatic N) is 3. The van der Waals surface area contributed by atoms with Crippen LogP contribution in [-0.4, -0.2) is 32.3 Å². The molecule has 8 nitrogen and oxygen atoms in total. The topological polar surface area (TPSA) is 101 Å². The van der Waals surface area contributed by atoms with E-state index in [2.05, 4.69) is 0 Å². The van der Waals surface area contributed by atoms with Crippen LogP contribution < -0.4 is 9.21 Å². The van der Waals surface area contributed by atoms with Gasteiger partial charge in [0.05, 0.1) is 15.5 Å². The number of nitro benzene ring substituents is 1. The van der Waals surface area contributed by atoms with Crippen LogP contribution in [-0.2, 0) is 21.2 Å². The van der Waals surface area contributed by atoms with Gasteiger partial charge >= 0.3 is 0 Å². The van der Waals surface area contributed by atoms with E-state index in [-0.39, 0.29) is 23.0 Å². The van der Waals surface area contributed by atoms with Crippen molar-refractivity contribution in [3.05, 3.63) is 70.3 Å². The first-order valence-electron chi connectivity index (χ1n) is 9.00. The summed E-state index contributed by atoms with van der Waals surface area (Å²) in [6.45, 7) is 0.0346.